The van der Waals surface area contributed by atoms with E-state index in [4.69, 9.17) is 11.6 Å². The molecule has 20 heavy (non-hydrogen) atoms. The largest absolute Gasteiger partial charge is 0.376 e. The molecule has 0 fully saturated rings. The highest BCUT2D eigenvalue weighted by atomic mass is 35.5. The number of aryl methyl sites for hydroxylation is 1. The number of benzene rings is 1. The molecule has 0 amide bonds. The molecule has 3 aromatic rings. The Kier molecular flexibility index (Phi) is 3.59. The minimum Gasteiger partial charge on any atom is -0.376 e. The minimum atomic E-state index is 0.158. The zero-order valence-electron chi connectivity index (χ0n) is 11.2. The Hall–Kier alpha value is -1.65. The quantitative estimate of drug-likeness (QED) is 0.753. The Bertz CT molecular complexity index is 740. The molecule has 102 valence electrons. The Labute approximate surface area is 126 Å². The number of anilines is 1. The fraction of sp³-hybridized carbons (Fsp3) is 0.200. The van der Waals surface area contributed by atoms with E-state index in [1.807, 2.05) is 36.8 Å². The molecule has 0 aliphatic heterocycles. The molecule has 0 bridgehead atoms. The molecule has 0 radical (unpaired) electrons. The van der Waals surface area contributed by atoms with Gasteiger partial charge in [-0.3, -0.25) is 9.97 Å². The first-order valence-electron chi connectivity index (χ1n) is 6.35. The molecule has 0 spiro atoms. The Morgan fingerprint density at radius 1 is 1.40 bits per heavy atom. The van der Waals surface area contributed by atoms with Crippen LogP contribution in [0, 0.1) is 6.92 Å². The van der Waals surface area contributed by atoms with Crippen molar-refractivity contribution in [3.63, 3.8) is 0 Å². The third-order valence-electron chi connectivity index (χ3n) is 3.27. The number of hydrogen-bond donors (Lipinski definition) is 1. The molecular weight excluding hydrogens is 290 g/mol. The van der Waals surface area contributed by atoms with E-state index in [2.05, 4.69) is 22.2 Å². The number of rotatable bonds is 3. The van der Waals surface area contributed by atoms with E-state index in [9.17, 15) is 0 Å². The fourth-order valence-electron chi connectivity index (χ4n) is 2.25. The first-order valence-corrected chi connectivity index (χ1v) is 7.61. The minimum absolute atomic E-state index is 0.158. The predicted molar refractivity (Wildman–Crippen MR) is 85.6 cm³/mol. The number of nitrogens with zero attached hydrogens (tertiary/aromatic N) is 2. The highest BCUT2D eigenvalue weighted by molar-refractivity contribution is 7.09. The molecule has 3 rings (SSSR count). The maximum atomic E-state index is 6.41. The van der Waals surface area contributed by atoms with Crippen LogP contribution >= 0.6 is 22.9 Å². The molecule has 0 aliphatic carbocycles. The third-order valence-corrected chi connectivity index (χ3v) is 4.53. The lowest BCUT2D eigenvalue weighted by atomic mass is 10.1. The summed E-state index contributed by atoms with van der Waals surface area (Å²) in [5.74, 6) is 0. The summed E-state index contributed by atoms with van der Waals surface area (Å²) in [6.45, 7) is 4.13. The van der Waals surface area contributed by atoms with Crippen molar-refractivity contribution >= 4 is 39.5 Å². The lowest BCUT2D eigenvalue weighted by Crippen LogP contribution is -2.06. The topological polar surface area (TPSA) is 37.8 Å². The number of thiazole rings is 1. The van der Waals surface area contributed by atoms with Crippen LogP contribution in [0.4, 0.5) is 5.69 Å². The van der Waals surface area contributed by atoms with E-state index in [0.717, 1.165) is 27.2 Å². The van der Waals surface area contributed by atoms with E-state index in [-0.39, 0.29) is 6.04 Å². The molecule has 1 unspecified atom stereocenters. The first-order chi connectivity index (χ1) is 9.66. The van der Waals surface area contributed by atoms with Crippen molar-refractivity contribution in [1.82, 2.24) is 9.97 Å². The second-order valence-electron chi connectivity index (χ2n) is 4.72. The SMILES string of the molecule is Cc1cc(Cl)c(NC(C)c2cncs2)c2cccnc12. The molecule has 3 nitrogen and oxygen atoms in total. The maximum Gasteiger partial charge on any atom is 0.0795 e. The Balaban J connectivity index is 2.07. The summed E-state index contributed by atoms with van der Waals surface area (Å²) in [4.78, 5) is 9.74. The predicted octanol–water partition coefficient (Wildman–Crippen LogP) is 4.83. The van der Waals surface area contributed by atoms with Crippen molar-refractivity contribution < 1.29 is 0 Å². The number of hydrogen-bond acceptors (Lipinski definition) is 4. The standard InChI is InChI=1S/C15H14ClN3S/c1-9-6-12(16)15(11-4-3-5-18-14(9)11)19-10(2)13-7-17-8-20-13/h3-8,10,19H,1-2H3. The zero-order chi connectivity index (χ0) is 14.1. The highest BCUT2D eigenvalue weighted by Gasteiger charge is 2.13. The summed E-state index contributed by atoms with van der Waals surface area (Å²) in [7, 11) is 0. The lowest BCUT2D eigenvalue weighted by molar-refractivity contribution is 0.905. The van der Waals surface area contributed by atoms with Crippen LogP contribution in [-0.4, -0.2) is 9.97 Å². The van der Waals surface area contributed by atoms with Gasteiger partial charge in [-0.15, -0.1) is 11.3 Å². The van der Waals surface area contributed by atoms with E-state index >= 15 is 0 Å². The van der Waals surface area contributed by atoms with Gasteiger partial charge < -0.3 is 5.32 Å². The van der Waals surface area contributed by atoms with Gasteiger partial charge in [-0.2, -0.15) is 0 Å². The number of fused-ring (bicyclic) bond motifs is 1. The maximum absolute atomic E-state index is 6.41. The van der Waals surface area contributed by atoms with Gasteiger partial charge in [0.2, 0.25) is 0 Å². The molecule has 2 aromatic heterocycles. The molecule has 0 saturated carbocycles. The van der Waals surface area contributed by atoms with Crippen molar-refractivity contribution in [2.45, 2.75) is 19.9 Å². The molecular formula is C15H14ClN3S. The van der Waals surface area contributed by atoms with Crippen LogP contribution in [-0.2, 0) is 0 Å². The molecule has 5 heteroatoms. The van der Waals surface area contributed by atoms with Crippen LogP contribution < -0.4 is 5.32 Å². The summed E-state index contributed by atoms with van der Waals surface area (Å²) >= 11 is 8.04. The molecule has 1 N–H and O–H groups in total. The van der Waals surface area contributed by atoms with Crippen LogP contribution in [0.15, 0.2) is 36.1 Å². The number of nitrogens with one attached hydrogen (secondary N) is 1. The van der Waals surface area contributed by atoms with Crippen molar-refractivity contribution in [3.05, 3.63) is 51.6 Å². The summed E-state index contributed by atoms with van der Waals surface area (Å²) in [5.41, 5.74) is 4.84. The number of aromatic nitrogens is 2. The van der Waals surface area contributed by atoms with Gasteiger partial charge in [0.25, 0.3) is 0 Å². The average Bonchev–Trinajstić information content (AvgIpc) is 2.97. The lowest BCUT2D eigenvalue weighted by Gasteiger charge is -2.17. The summed E-state index contributed by atoms with van der Waals surface area (Å²) in [6.07, 6.45) is 3.69. The van der Waals surface area contributed by atoms with E-state index in [1.165, 1.54) is 4.88 Å². The van der Waals surface area contributed by atoms with E-state index in [1.54, 1.807) is 17.5 Å². The van der Waals surface area contributed by atoms with Gasteiger partial charge >= 0.3 is 0 Å². The monoisotopic (exact) mass is 303 g/mol. The first kappa shape index (κ1) is 13.3. The van der Waals surface area contributed by atoms with Crippen molar-refractivity contribution in [2.75, 3.05) is 5.32 Å². The van der Waals surface area contributed by atoms with Gasteiger partial charge in [-0.25, -0.2) is 0 Å². The summed E-state index contributed by atoms with van der Waals surface area (Å²) in [5, 5.41) is 5.25. The van der Waals surface area contributed by atoms with Gasteiger partial charge in [0.1, 0.15) is 0 Å². The molecule has 2 heterocycles. The van der Waals surface area contributed by atoms with E-state index < -0.39 is 0 Å². The van der Waals surface area contributed by atoms with Crippen LogP contribution in [0.2, 0.25) is 5.02 Å². The van der Waals surface area contributed by atoms with Crippen LogP contribution in [0.25, 0.3) is 10.9 Å². The summed E-state index contributed by atoms with van der Waals surface area (Å²) in [6, 6.07) is 6.09. The Morgan fingerprint density at radius 2 is 2.25 bits per heavy atom. The van der Waals surface area contributed by atoms with Gasteiger partial charge in [-0.05, 0) is 37.6 Å². The van der Waals surface area contributed by atoms with Crippen LogP contribution in [0.5, 0.6) is 0 Å². The highest BCUT2D eigenvalue weighted by Crippen LogP contribution is 2.35. The third kappa shape index (κ3) is 2.37. The van der Waals surface area contributed by atoms with Crippen LogP contribution in [0.1, 0.15) is 23.4 Å². The normalized spacial score (nSPS) is 12.6. The van der Waals surface area contributed by atoms with Gasteiger partial charge in [-0.1, -0.05) is 11.6 Å². The number of halogens is 1. The molecule has 0 aliphatic rings. The number of pyridine rings is 1. The van der Waals surface area contributed by atoms with Gasteiger partial charge in [0.15, 0.2) is 0 Å². The zero-order valence-corrected chi connectivity index (χ0v) is 12.8. The van der Waals surface area contributed by atoms with Crippen molar-refractivity contribution in [2.24, 2.45) is 0 Å². The van der Waals surface area contributed by atoms with E-state index in [0.29, 0.717) is 0 Å². The smallest absolute Gasteiger partial charge is 0.0795 e. The second-order valence-corrected chi connectivity index (χ2v) is 6.04. The summed E-state index contributed by atoms with van der Waals surface area (Å²) < 4.78 is 0. The Morgan fingerprint density at radius 3 is 3.00 bits per heavy atom. The fourth-order valence-corrected chi connectivity index (χ4v) is 3.20. The van der Waals surface area contributed by atoms with Crippen molar-refractivity contribution in [1.29, 1.82) is 0 Å². The average molecular weight is 304 g/mol. The van der Waals surface area contributed by atoms with Crippen LogP contribution in [0.3, 0.4) is 0 Å². The van der Waals surface area contributed by atoms with Gasteiger partial charge in [0, 0.05) is 22.7 Å². The molecule has 1 aromatic carbocycles. The van der Waals surface area contributed by atoms with Crippen molar-refractivity contribution in [3.8, 4) is 0 Å². The second kappa shape index (κ2) is 5.38. The molecule has 0 saturated heterocycles. The van der Waals surface area contributed by atoms with Gasteiger partial charge in [0.05, 0.1) is 27.8 Å². The molecule has 1 atom stereocenters.